The number of hydrogen-bond acceptors (Lipinski definition) is 3. The zero-order valence-corrected chi connectivity index (χ0v) is 7.58. The van der Waals surface area contributed by atoms with Gasteiger partial charge in [-0.1, -0.05) is 0 Å². The monoisotopic (exact) mass is 185 g/mol. The van der Waals surface area contributed by atoms with Crippen LogP contribution >= 0.6 is 0 Å². The molecule has 0 radical (unpaired) electrons. The van der Waals surface area contributed by atoms with E-state index in [-0.39, 0.29) is 5.60 Å². The SMILES string of the molecule is NCC12CCC(C(=O)O)(CC1)CO2. The van der Waals surface area contributed by atoms with Crippen molar-refractivity contribution in [3.63, 3.8) is 0 Å². The molecule has 1 aliphatic carbocycles. The zero-order valence-electron chi connectivity index (χ0n) is 7.58. The second-order valence-corrected chi connectivity index (χ2v) is 4.26. The summed E-state index contributed by atoms with van der Waals surface area (Å²) < 4.78 is 5.57. The largest absolute Gasteiger partial charge is 0.481 e. The van der Waals surface area contributed by atoms with Crippen molar-refractivity contribution >= 4 is 5.97 Å². The van der Waals surface area contributed by atoms with E-state index in [1.54, 1.807) is 0 Å². The lowest BCUT2D eigenvalue weighted by molar-refractivity contribution is -0.198. The van der Waals surface area contributed by atoms with Crippen molar-refractivity contribution in [1.82, 2.24) is 0 Å². The Labute approximate surface area is 77.1 Å². The molecule has 0 aromatic carbocycles. The molecule has 1 saturated carbocycles. The molecular formula is C9H15NO3. The van der Waals surface area contributed by atoms with Gasteiger partial charge in [-0.05, 0) is 25.7 Å². The lowest BCUT2D eigenvalue weighted by atomic mass is 9.66. The summed E-state index contributed by atoms with van der Waals surface area (Å²) in [5, 5.41) is 9.06. The second kappa shape index (κ2) is 2.69. The Morgan fingerprint density at radius 3 is 2.31 bits per heavy atom. The first kappa shape index (κ1) is 8.97. The van der Waals surface area contributed by atoms with Crippen molar-refractivity contribution in [3.05, 3.63) is 0 Å². The van der Waals surface area contributed by atoms with Crippen LogP contribution in [0.2, 0.25) is 0 Å². The summed E-state index contributed by atoms with van der Waals surface area (Å²) in [7, 11) is 0. The van der Waals surface area contributed by atoms with Crippen LogP contribution in [0, 0.1) is 5.41 Å². The number of rotatable bonds is 2. The Morgan fingerprint density at radius 1 is 1.38 bits per heavy atom. The number of aliphatic carboxylic acids is 1. The third-order valence-corrected chi connectivity index (χ3v) is 3.60. The van der Waals surface area contributed by atoms with Gasteiger partial charge in [-0.25, -0.2) is 0 Å². The zero-order chi connectivity index (χ0) is 9.53. The van der Waals surface area contributed by atoms with Crippen LogP contribution in [0.25, 0.3) is 0 Å². The highest BCUT2D eigenvalue weighted by atomic mass is 16.5. The fourth-order valence-corrected chi connectivity index (χ4v) is 2.30. The number of carboxylic acid groups (broad SMARTS) is 1. The fraction of sp³-hybridized carbons (Fsp3) is 0.889. The van der Waals surface area contributed by atoms with Gasteiger partial charge >= 0.3 is 5.97 Å². The van der Waals surface area contributed by atoms with Gasteiger partial charge in [0.25, 0.3) is 0 Å². The Morgan fingerprint density at radius 2 is 2.00 bits per heavy atom. The number of carboxylic acids is 1. The predicted molar refractivity (Wildman–Crippen MR) is 46.3 cm³/mol. The maximum Gasteiger partial charge on any atom is 0.311 e. The molecule has 3 rings (SSSR count). The van der Waals surface area contributed by atoms with Crippen molar-refractivity contribution in [2.24, 2.45) is 11.1 Å². The van der Waals surface area contributed by atoms with E-state index in [9.17, 15) is 4.79 Å². The third-order valence-electron chi connectivity index (χ3n) is 3.60. The van der Waals surface area contributed by atoms with E-state index >= 15 is 0 Å². The Bertz CT molecular complexity index is 214. The average molecular weight is 185 g/mol. The molecule has 0 aromatic rings. The molecule has 4 heteroatoms. The van der Waals surface area contributed by atoms with E-state index in [0.29, 0.717) is 13.2 Å². The molecule has 3 N–H and O–H groups in total. The first-order chi connectivity index (χ1) is 6.13. The van der Waals surface area contributed by atoms with Gasteiger partial charge in [0.05, 0.1) is 17.6 Å². The van der Waals surface area contributed by atoms with Crippen LogP contribution < -0.4 is 5.73 Å². The molecule has 4 nitrogen and oxygen atoms in total. The predicted octanol–water partition coefficient (Wildman–Crippen LogP) is 0.359. The summed E-state index contributed by atoms with van der Waals surface area (Å²) in [5.41, 5.74) is 4.82. The van der Waals surface area contributed by atoms with Crippen LogP contribution in [0.15, 0.2) is 0 Å². The van der Waals surface area contributed by atoms with Gasteiger partial charge in [-0.15, -0.1) is 0 Å². The minimum absolute atomic E-state index is 0.197. The highest BCUT2D eigenvalue weighted by Gasteiger charge is 2.53. The van der Waals surface area contributed by atoms with Gasteiger partial charge in [0.2, 0.25) is 0 Å². The average Bonchev–Trinajstić information content (AvgIpc) is 2.20. The molecule has 2 bridgehead atoms. The fourth-order valence-electron chi connectivity index (χ4n) is 2.30. The normalized spacial score (nSPS) is 43.5. The van der Waals surface area contributed by atoms with Crippen LogP contribution in [-0.4, -0.2) is 29.8 Å². The standard InChI is InChI=1S/C9H15NO3/c10-5-9-3-1-8(2-4-9,6-13-9)7(11)12/h1-6,10H2,(H,11,12). The van der Waals surface area contributed by atoms with Gasteiger partial charge in [-0.3, -0.25) is 4.79 Å². The molecule has 0 unspecified atom stereocenters. The van der Waals surface area contributed by atoms with Crippen LogP contribution in [-0.2, 0) is 9.53 Å². The molecule has 2 aliphatic heterocycles. The van der Waals surface area contributed by atoms with Crippen molar-refractivity contribution in [3.8, 4) is 0 Å². The molecule has 0 spiro atoms. The highest BCUT2D eigenvalue weighted by molar-refractivity contribution is 5.75. The lowest BCUT2D eigenvalue weighted by Gasteiger charge is -2.50. The minimum atomic E-state index is -0.710. The Balaban J connectivity index is 2.16. The number of fused-ring (bicyclic) bond motifs is 3. The van der Waals surface area contributed by atoms with Gasteiger partial charge in [-0.2, -0.15) is 0 Å². The maximum absolute atomic E-state index is 11.0. The quantitative estimate of drug-likeness (QED) is 0.651. The molecule has 0 amide bonds. The lowest BCUT2D eigenvalue weighted by Crippen LogP contribution is -2.57. The van der Waals surface area contributed by atoms with Gasteiger partial charge < -0.3 is 15.6 Å². The summed E-state index contributed by atoms with van der Waals surface area (Å²) in [6.45, 7) is 0.863. The second-order valence-electron chi connectivity index (χ2n) is 4.26. The van der Waals surface area contributed by atoms with E-state index in [1.807, 2.05) is 0 Å². The molecule has 3 aliphatic rings. The van der Waals surface area contributed by atoms with Gasteiger partial charge in [0.15, 0.2) is 0 Å². The number of carbonyl (C=O) groups is 1. The summed E-state index contributed by atoms with van der Waals surface area (Å²) >= 11 is 0. The van der Waals surface area contributed by atoms with Gasteiger partial charge in [0, 0.05) is 6.54 Å². The van der Waals surface area contributed by atoms with Crippen LogP contribution in [0.3, 0.4) is 0 Å². The highest BCUT2D eigenvalue weighted by Crippen LogP contribution is 2.48. The third kappa shape index (κ3) is 1.16. The Kier molecular flexibility index (Phi) is 1.85. The maximum atomic E-state index is 11.0. The summed E-state index contributed by atoms with van der Waals surface area (Å²) in [4.78, 5) is 11.0. The first-order valence-electron chi connectivity index (χ1n) is 4.70. The molecule has 0 aromatic heterocycles. The Hall–Kier alpha value is -0.610. The van der Waals surface area contributed by atoms with Crippen LogP contribution in [0.4, 0.5) is 0 Å². The van der Waals surface area contributed by atoms with Crippen molar-refractivity contribution < 1.29 is 14.6 Å². The molecule has 2 heterocycles. The van der Waals surface area contributed by atoms with Crippen molar-refractivity contribution in [2.45, 2.75) is 31.3 Å². The van der Waals surface area contributed by atoms with E-state index < -0.39 is 11.4 Å². The number of nitrogens with two attached hydrogens (primary N) is 1. The van der Waals surface area contributed by atoms with Crippen LogP contribution in [0.5, 0.6) is 0 Å². The minimum Gasteiger partial charge on any atom is -0.481 e. The summed E-state index contributed by atoms with van der Waals surface area (Å²) in [5.74, 6) is -0.710. The molecular weight excluding hydrogens is 170 g/mol. The van der Waals surface area contributed by atoms with Crippen molar-refractivity contribution in [2.75, 3.05) is 13.2 Å². The van der Waals surface area contributed by atoms with Gasteiger partial charge in [0.1, 0.15) is 0 Å². The number of hydrogen-bond donors (Lipinski definition) is 2. The molecule has 74 valence electrons. The van der Waals surface area contributed by atoms with Crippen molar-refractivity contribution in [1.29, 1.82) is 0 Å². The van der Waals surface area contributed by atoms with Crippen LogP contribution in [0.1, 0.15) is 25.7 Å². The van der Waals surface area contributed by atoms with E-state index in [4.69, 9.17) is 15.6 Å². The molecule has 3 fully saturated rings. The molecule has 0 atom stereocenters. The van der Waals surface area contributed by atoms with E-state index in [0.717, 1.165) is 25.7 Å². The van der Waals surface area contributed by atoms with E-state index in [1.165, 1.54) is 0 Å². The summed E-state index contributed by atoms with van der Waals surface area (Å²) in [6.07, 6.45) is 3.05. The molecule has 13 heavy (non-hydrogen) atoms. The van der Waals surface area contributed by atoms with E-state index in [2.05, 4.69) is 0 Å². The molecule has 2 saturated heterocycles. The first-order valence-corrected chi connectivity index (χ1v) is 4.70. The summed E-state index contributed by atoms with van der Waals surface area (Å²) in [6, 6.07) is 0. The smallest absolute Gasteiger partial charge is 0.311 e. The topological polar surface area (TPSA) is 72.6 Å². The number of ether oxygens (including phenoxy) is 1.